The van der Waals surface area contributed by atoms with Crippen LogP contribution in [0.1, 0.15) is 42.3 Å². The molecule has 2 aromatic heterocycles. The largest absolute Gasteiger partial charge is 0.451 e. The molecule has 3 unspecified atom stereocenters. The number of aromatic nitrogens is 1. The summed E-state index contributed by atoms with van der Waals surface area (Å²) in [7, 11) is -4.00. The maximum Gasteiger partial charge on any atom is 0.287 e. The molecule has 0 aliphatic carbocycles. The van der Waals surface area contributed by atoms with Gasteiger partial charge in [-0.1, -0.05) is 37.6 Å². The van der Waals surface area contributed by atoms with Gasteiger partial charge in [0.15, 0.2) is 16.6 Å². The number of likely N-dealkylation sites (tertiary alicyclic amines) is 1. The van der Waals surface area contributed by atoms with Crippen molar-refractivity contribution >= 4 is 38.6 Å². The fourth-order valence-electron chi connectivity index (χ4n) is 5.32. The number of ketones is 1. The van der Waals surface area contributed by atoms with Gasteiger partial charge in [0.1, 0.15) is 17.7 Å². The van der Waals surface area contributed by atoms with Crippen LogP contribution in [0.15, 0.2) is 58.1 Å². The lowest BCUT2D eigenvalue weighted by molar-refractivity contribution is -0.138. The van der Waals surface area contributed by atoms with Gasteiger partial charge in [-0.3, -0.25) is 14.4 Å². The van der Waals surface area contributed by atoms with E-state index in [1.54, 1.807) is 25.1 Å². The highest BCUT2D eigenvalue weighted by Gasteiger charge is 2.54. The van der Waals surface area contributed by atoms with E-state index < -0.39 is 40.0 Å². The molecule has 1 N–H and O–H groups in total. The predicted octanol–water partition coefficient (Wildman–Crippen LogP) is 2.28. The Hall–Kier alpha value is -3.57. The quantitative estimate of drug-likeness (QED) is 0.502. The van der Waals surface area contributed by atoms with Gasteiger partial charge in [-0.2, -0.15) is 4.31 Å². The molecule has 0 radical (unpaired) electrons. The van der Waals surface area contributed by atoms with E-state index >= 15 is 0 Å². The van der Waals surface area contributed by atoms with Gasteiger partial charge in [0.05, 0.1) is 12.6 Å². The second-order valence-electron chi connectivity index (χ2n) is 9.38. The standard InChI is InChI=1S/C26H28N4O6S/c1-3-8-18(28-25(32)24-16(2)17-9-4-5-10-21(17)36-24)26(33)29-14-12-19-23(29)20(31)15-30(19)37(34,35)22-11-6-7-13-27-22/h4-7,9-11,13,18-19,23H,3,8,12,14-15H2,1-2H3,(H,28,32). The molecule has 0 spiro atoms. The molecule has 37 heavy (non-hydrogen) atoms. The topological polar surface area (TPSA) is 130 Å². The maximum absolute atomic E-state index is 13.6. The van der Waals surface area contributed by atoms with Crippen molar-refractivity contribution in [1.29, 1.82) is 0 Å². The molecule has 3 aromatic rings. The van der Waals surface area contributed by atoms with E-state index in [0.29, 0.717) is 30.4 Å². The number of Topliss-reactive ketones (excluding diaryl/α,β-unsaturated/α-hetero) is 1. The Morgan fingerprint density at radius 2 is 1.95 bits per heavy atom. The number of fused-ring (bicyclic) bond motifs is 2. The zero-order valence-electron chi connectivity index (χ0n) is 20.6. The van der Waals surface area contributed by atoms with E-state index in [0.717, 1.165) is 9.69 Å². The smallest absolute Gasteiger partial charge is 0.287 e. The highest BCUT2D eigenvalue weighted by molar-refractivity contribution is 7.89. The monoisotopic (exact) mass is 524 g/mol. The van der Waals surface area contributed by atoms with Crippen LogP contribution in [0.4, 0.5) is 0 Å². The molecular weight excluding hydrogens is 496 g/mol. The number of amides is 2. The normalized spacial score (nSPS) is 20.8. The number of sulfonamides is 1. The highest BCUT2D eigenvalue weighted by Crippen LogP contribution is 2.34. The van der Waals surface area contributed by atoms with E-state index in [1.165, 1.54) is 17.2 Å². The van der Waals surface area contributed by atoms with Gasteiger partial charge in [-0.15, -0.1) is 0 Å². The molecule has 5 rings (SSSR count). The number of aryl methyl sites for hydroxylation is 1. The number of benzene rings is 1. The number of furan rings is 1. The summed E-state index contributed by atoms with van der Waals surface area (Å²) in [6.07, 6.45) is 2.69. The summed E-state index contributed by atoms with van der Waals surface area (Å²) in [5, 5.41) is 3.48. The Kier molecular flexibility index (Phi) is 6.59. The van der Waals surface area contributed by atoms with Crippen LogP contribution in [0.25, 0.3) is 11.0 Å². The van der Waals surface area contributed by atoms with Crippen molar-refractivity contribution in [1.82, 2.24) is 19.5 Å². The van der Waals surface area contributed by atoms with Crippen molar-refractivity contribution in [2.24, 2.45) is 0 Å². The third-order valence-electron chi connectivity index (χ3n) is 7.10. The molecule has 3 atom stereocenters. The van der Waals surface area contributed by atoms with Crippen molar-refractivity contribution in [2.45, 2.75) is 56.3 Å². The second-order valence-corrected chi connectivity index (χ2v) is 11.2. The maximum atomic E-state index is 13.6. The Morgan fingerprint density at radius 3 is 2.65 bits per heavy atom. The molecule has 2 aliphatic rings. The van der Waals surface area contributed by atoms with Crippen molar-refractivity contribution in [2.75, 3.05) is 13.1 Å². The molecule has 0 saturated carbocycles. The van der Waals surface area contributed by atoms with E-state index in [4.69, 9.17) is 4.42 Å². The van der Waals surface area contributed by atoms with Gasteiger partial charge in [0.2, 0.25) is 5.91 Å². The molecule has 2 fully saturated rings. The number of carbonyl (C=O) groups is 3. The number of nitrogens with zero attached hydrogens (tertiary/aromatic N) is 3. The van der Waals surface area contributed by atoms with Crippen LogP contribution in [0.5, 0.6) is 0 Å². The Bertz CT molecular complexity index is 1470. The molecule has 4 heterocycles. The van der Waals surface area contributed by atoms with Gasteiger partial charge >= 0.3 is 0 Å². The van der Waals surface area contributed by atoms with Crippen LogP contribution >= 0.6 is 0 Å². The number of carbonyl (C=O) groups excluding carboxylic acids is 3. The first-order valence-corrected chi connectivity index (χ1v) is 13.7. The Labute approximate surface area is 214 Å². The lowest BCUT2D eigenvalue weighted by Gasteiger charge is -2.28. The number of hydrogen-bond donors (Lipinski definition) is 1. The summed E-state index contributed by atoms with van der Waals surface area (Å²) in [5.74, 6) is -1.11. The third kappa shape index (κ3) is 4.31. The fourth-order valence-corrected chi connectivity index (χ4v) is 6.88. The average molecular weight is 525 g/mol. The van der Waals surface area contributed by atoms with Crippen molar-refractivity contribution in [3.63, 3.8) is 0 Å². The number of para-hydroxylation sites is 1. The van der Waals surface area contributed by atoms with Crippen molar-refractivity contribution < 1.29 is 27.2 Å². The third-order valence-corrected chi connectivity index (χ3v) is 8.89. The van der Waals surface area contributed by atoms with E-state index in [2.05, 4.69) is 10.3 Å². The first kappa shape index (κ1) is 25.1. The minimum absolute atomic E-state index is 0.134. The first-order valence-electron chi connectivity index (χ1n) is 12.3. The molecule has 0 bridgehead atoms. The van der Waals surface area contributed by atoms with Gasteiger partial charge in [-0.05, 0) is 38.0 Å². The second kappa shape index (κ2) is 9.71. The van der Waals surface area contributed by atoms with Crippen molar-refractivity contribution in [3.05, 3.63) is 60.0 Å². The van der Waals surface area contributed by atoms with Gasteiger partial charge in [0.25, 0.3) is 15.9 Å². The van der Waals surface area contributed by atoms with E-state index in [-0.39, 0.29) is 29.7 Å². The van der Waals surface area contributed by atoms with Gasteiger partial charge in [-0.25, -0.2) is 13.4 Å². The molecule has 2 saturated heterocycles. The first-order chi connectivity index (χ1) is 17.7. The predicted molar refractivity (Wildman–Crippen MR) is 134 cm³/mol. The SMILES string of the molecule is CCCC(NC(=O)c1oc2ccccc2c1C)C(=O)N1CCC2C1C(=O)CN2S(=O)(=O)c1ccccn1. The van der Waals surface area contributed by atoms with Crippen LogP contribution in [-0.2, 0) is 19.6 Å². The molecule has 2 amide bonds. The average Bonchev–Trinajstić information content (AvgIpc) is 3.58. The summed E-state index contributed by atoms with van der Waals surface area (Å²) in [5.41, 5.74) is 1.26. The summed E-state index contributed by atoms with van der Waals surface area (Å²) in [6.45, 7) is 3.58. The van der Waals surface area contributed by atoms with Crippen LogP contribution in [0.3, 0.4) is 0 Å². The lowest BCUT2D eigenvalue weighted by Crippen LogP contribution is -2.52. The van der Waals surface area contributed by atoms with Crippen LogP contribution in [0, 0.1) is 6.92 Å². The van der Waals surface area contributed by atoms with E-state index in [1.807, 2.05) is 25.1 Å². The van der Waals surface area contributed by atoms with Gasteiger partial charge < -0.3 is 14.6 Å². The van der Waals surface area contributed by atoms with Crippen molar-refractivity contribution in [3.8, 4) is 0 Å². The molecule has 10 nitrogen and oxygen atoms in total. The minimum Gasteiger partial charge on any atom is -0.451 e. The van der Waals surface area contributed by atoms with Crippen LogP contribution in [0.2, 0.25) is 0 Å². The zero-order chi connectivity index (χ0) is 26.3. The number of pyridine rings is 1. The minimum atomic E-state index is -4.00. The highest BCUT2D eigenvalue weighted by atomic mass is 32.2. The molecule has 11 heteroatoms. The number of nitrogens with one attached hydrogen (secondary N) is 1. The fraction of sp³-hybridized carbons (Fsp3) is 0.385. The summed E-state index contributed by atoms with van der Waals surface area (Å²) < 4.78 is 33.3. The zero-order valence-corrected chi connectivity index (χ0v) is 21.4. The summed E-state index contributed by atoms with van der Waals surface area (Å²) >= 11 is 0. The molecule has 1 aromatic carbocycles. The Balaban J connectivity index is 1.36. The molecule has 194 valence electrons. The molecular formula is C26H28N4O6S. The summed E-state index contributed by atoms with van der Waals surface area (Å²) in [4.78, 5) is 45.1. The molecule has 2 aliphatic heterocycles. The number of hydrogen-bond acceptors (Lipinski definition) is 7. The number of rotatable bonds is 7. The van der Waals surface area contributed by atoms with Crippen LogP contribution < -0.4 is 5.32 Å². The Morgan fingerprint density at radius 1 is 1.19 bits per heavy atom. The summed E-state index contributed by atoms with van der Waals surface area (Å²) in [6, 6.07) is 9.44. The van der Waals surface area contributed by atoms with E-state index in [9.17, 15) is 22.8 Å². The lowest BCUT2D eigenvalue weighted by atomic mass is 10.1. The van der Waals surface area contributed by atoms with Crippen LogP contribution in [-0.4, -0.2) is 71.4 Å². The van der Waals surface area contributed by atoms with Gasteiger partial charge in [0, 0.05) is 23.7 Å².